The van der Waals surface area contributed by atoms with Gasteiger partial charge < -0.3 is 15.4 Å². The summed E-state index contributed by atoms with van der Waals surface area (Å²) in [6, 6.07) is 12.8. The Labute approximate surface area is 148 Å². The molecule has 0 atom stereocenters. The summed E-state index contributed by atoms with van der Waals surface area (Å²) in [5.41, 5.74) is 3.17. The molecule has 0 radical (unpaired) electrons. The van der Waals surface area contributed by atoms with Gasteiger partial charge in [-0.3, -0.25) is 9.59 Å². The molecule has 0 aliphatic carbocycles. The Hall–Kier alpha value is -2.82. The number of benzene rings is 2. The van der Waals surface area contributed by atoms with Gasteiger partial charge in [-0.1, -0.05) is 39.0 Å². The van der Waals surface area contributed by atoms with Crippen molar-refractivity contribution in [3.05, 3.63) is 53.6 Å². The van der Waals surface area contributed by atoms with Crippen LogP contribution in [0.1, 0.15) is 31.9 Å². The lowest BCUT2D eigenvalue weighted by Gasteiger charge is -2.19. The maximum absolute atomic E-state index is 12.1. The van der Waals surface area contributed by atoms with Crippen LogP contribution in [0.25, 0.3) is 0 Å². The molecule has 5 nitrogen and oxygen atoms in total. The van der Waals surface area contributed by atoms with Gasteiger partial charge in [-0.15, -0.1) is 0 Å². The zero-order valence-corrected chi connectivity index (χ0v) is 15.3. The standard InChI is InChI=1S/C20H24N2O3/c1-13-6-11-17(25-5)16(12-13)22-19(24)18(23)21-15-9-7-14(8-10-15)20(2,3)4/h6-12H,1-5H3,(H,21,23)(H,22,24). The van der Waals surface area contributed by atoms with Crippen molar-refractivity contribution in [2.24, 2.45) is 0 Å². The quantitative estimate of drug-likeness (QED) is 0.833. The summed E-state index contributed by atoms with van der Waals surface area (Å²) in [7, 11) is 1.51. The number of anilines is 2. The van der Waals surface area contributed by atoms with Gasteiger partial charge in [0.15, 0.2) is 0 Å². The van der Waals surface area contributed by atoms with Crippen LogP contribution in [0.3, 0.4) is 0 Å². The molecule has 0 unspecified atom stereocenters. The van der Waals surface area contributed by atoms with Gasteiger partial charge in [0.05, 0.1) is 12.8 Å². The van der Waals surface area contributed by atoms with E-state index in [4.69, 9.17) is 4.74 Å². The van der Waals surface area contributed by atoms with Crippen LogP contribution in [0.4, 0.5) is 11.4 Å². The average molecular weight is 340 g/mol. The summed E-state index contributed by atoms with van der Waals surface area (Å²) >= 11 is 0. The van der Waals surface area contributed by atoms with Crippen molar-refractivity contribution in [2.45, 2.75) is 33.1 Å². The van der Waals surface area contributed by atoms with Crippen LogP contribution in [-0.2, 0) is 15.0 Å². The molecule has 0 spiro atoms. The predicted molar refractivity (Wildman–Crippen MR) is 100 cm³/mol. The predicted octanol–water partition coefficient (Wildman–Crippen LogP) is 3.88. The van der Waals surface area contributed by atoms with Crippen molar-refractivity contribution < 1.29 is 14.3 Å². The fourth-order valence-electron chi connectivity index (χ4n) is 2.34. The third-order valence-corrected chi connectivity index (χ3v) is 3.82. The number of amides is 2. The smallest absolute Gasteiger partial charge is 0.314 e. The SMILES string of the molecule is COc1ccc(C)cc1NC(=O)C(=O)Nc1ccc(C(C)(C)C)cc1. The van der Waals surface area contributed by atoms with Gasteiger partial charge in [-0.2, -0.15) is 0 Å². The molecular formula is C20H24N2O3. The van der Waals surface area contributed by atoms with E-state index in [1.807, 2.05) is 25.1 Å². The van der Waals surface area contributed by atoms with Crippen molar-refractivity contribution in [3.63, 3.8) is 0 Å². The highest BCUT2D eigenvalue weighted by Gasteiger charge is 2.17. The molecule has 2 N–H and O–H groups in total. The Morgan fingerprint density at radius 1 is 0.920 bits per heavy atom. The normalized spacial score (nSPS) is 10.9. The first-order valence-corrected chi connectivity index (χ1v) is 8.08. The topological polar surface area (TPSA) is 67.4 Å². The highest BCUT2D eigenvalue weighted by molar-refractivity contribution is 6.43. The molecule has 2 aromatic carbocycles. The first-order chi connectivity index (χ1) is 11.7. The molecule has 25 heavy (non-hydrogen) atoms. The molecule has 5 heteroatoms. The first-order valence-electron chi connectivity index (χ1n) is 8.08. The van der Waals surface area contributed by atoms with Crippen molar-refractivity contribution in [3.8, 4) is 5.75 Å². The fourth-order valence-corrected chi connectivity index (χ4v) is 2.34. The molecule has 0 saturated heterocycles. The lowest BCUT2D eigenvalue weighted by Crippen LogP contribution is -2.29. The van der Waals surface area contributed by atoms with Crippen molar-refractivity contribution in [1.29, 1.82) is 0 Å². The van der Waals surface area contributed by atoms with Crippen LogP contribution in [0.15, 0.2) is 42.5 Å². The molecule has 0 saturated carbocycles. The second kappa shape index (κ2) is 7.38. The van der Waals surface area contributed by atoms with E-state index in [9.17, 15) is 9.59 Å². The summed E-state index contributed by atoms with van der Waals surface area (Å²) in [6.07, 6.45) is 0. The Kier molecular flexibility index (Phi) is 5.47. The van der Waals surface area contributed by atoms with E-state index in [0.717, 1.165) is 11.1 Å². The lowest BCUT2D eigenvalue weighted by molar-refractivity contribution is -0.133. The number of carbonyl (C=O) groups is 2. The summed E-state index contributed by atoms with van der Waals surface area (Å²) < 4.78 is 5.20. The van der Waals surface area contributed by atoms with Crippen molar-refractivity contribution in [2.75, 3.05) is 17.7 Å². The van der Waals surface area contributed by atoms with E-state index < -0.39 is 11.8 Å². The molecule has 0 fully saturated rings. The number of hydrogen-bond acceptors (Lipinski definition) is 3. The molecule has 0 heterocycles. The van der Waals surface area contributed by atoms with Gasteiger partial charge in [0, 0.05) is 5.69 Å². The van der Waals surface area contributed by atoms with E-state index in [1.54, 1.807) is 24.3 Å². The molecule has 0 bridgehead atoms. The fraction of sp³-hybridized carbons (Fsp3) is 0.300. The summed E-state index contributed by atoms with van der Waals surface area (Å²) in [5, 5.41) is 5.18. The Morgan fingerprint density at radius 2 is 1.52 bits per heavy atom. The van der Waals surface area contributed by atoms with Gasteiger partial charge in [0.1, 0.15) is 5.75 Å². The van der Waals surface area contributed by atoms with Gasteiger partial charge in [0.2, 0.25) is 0 Å². The molecular weight excluding hydrogens is 316 g/mol. The minimum Gasteiger partial charge on any atom is -0.495 e. The van der Waals surface area contributed by atoms with E-state index in [1.165, 1.54) is 7.11 Å². The zero-order chi connectivity index (χ0) is 18.6. The lowest BCUT2D eigenvalue weighted by atomic mass is 9.87. The minimum absolute atomic E-state index is 0.0294. The molecule has 2 aromatic rings. The second-order valence-electron chi connectivity index (χ2n) is 6.94. The molecule has 2 rings (SSSR count). The highest BCUT2D eigenvalue weighted by Crippen LogP contribution is 2.25. The number of hydrogen-bond donors (Lipinski definition) is 2. The average Bonchev–Trinajstić information content (AvgIpc) is 2.54. The molecule has 2 amide bonds. The van der Waals surface area contributed by atoms with E-state index in [-0.39, 0.29) is 5.41 Å². The van der Waals surface area contributed by atoms with Gasteiger partial charge in [-0.25, -0.2) is 0 Å². The van der Waals surface area contributed by atoms with Gasteiger partial charge >= 0.3 is 11.8 Å². The largest absolute Gasteiger partial charge is 0.495 e. The van der Waals surface area contributed by atoms with Crippen molar-refractivity contribution in [1.82, 2.24) is 0 Å². The van der Waals surface area contributed by atoms with Gasteiger partial charge in [-0.05, 0) is 47.7 Å². The van der Waals surface area contributed by atoms with Crippen molar-refractivity contribution >= 4 is 23.2 Å². The Bertz CT molecular complexity index is 775. The minimum atomic E-state index is -0.746. The van der Waals surface area contributed by atoms with E-state index in [2.05, 4.69) is 31.4 Å². The zero-order valence-electron chi connectivity index (χ0n) is 15.3. The third kappa shape index (κ3) is 4.83. The van der Waals surface area contributed by atoms with E-state index >= 15 is 0 Å². The van der Waals surface area contributed by atoms with Crippen LogP contribution < -0.4 is 15.4 Å². The number of methoxy groups -OCH3 is 1. The number of carbonyl (C=O) groups excluding carboxylic acids is 2. The molecule has 132 valence electrons. The number of ether oxygens (including phenoxy) is 1. The maximum Gasteiger partial charge on any atom is 0.314 e. The molecule has 0 aliphatic rings. The van der Waals surface area contributed by atoms with Crippen LogP contribution in [0.2, 0.25) is 0 Å². The number of nitrogens with one attached hydrogen (secondary N) is 2. The monoisotopic (exact) mass is 340 g/mol. The highest BCUT2D eigenvalue weighted by atomic mass is 16.5. The van der Waals surface area contributed by atoms with Crippen LogP contribution in [-0.4, -0.2) is 18.9 Å². The summed E-state index contributed by atoms with van der Waals surface area (Å²) in [4.78, 5) is 24.3. The first kappa shape index (κ1) is 18.5. The van der Waals surface area contributed by atoms with E-state index in [0.29, 0.717) is 17.1 Å². The van der Waals surface area contributed by atoms with Crippen LogP contribution in [0.5, 0.6) is 5.75 Å². The third-order valence-electron chi connectivity index (χ3n) is 3.82. The Balaban J connectivity index is 2.06. The van der Waals surface area contributed by atoms with Crippen LogP contribution >= 0.6 is 0 Å². The summed E-state index contributed by atoms with van der Waals surface area (Å²) in [6.45, 7) is 8.24. The number of rotatable bonds is 3. The molecule has 0 aliphatic heterocycles. The second-order valence-corrected chi connectivity index (χ2v) is 6.94. The van der Waals surface area contributed by atoms with Crippen LogP contribution in [0, 0.1) is 6.92 Å². The molecule has 0 aromatic heterocycles. The maximum atomic E-state index is 12.1. The van der Waals surface area contributed by atoms with Gasteiger partial charge in [0.25, 0.3) is 0 Å². The Morgan fingerprint density at radius 3 is 2.08 bits per heavy atom. The number of aryl methyl sites for hydroxylation is 1. The summed E-state index contributed by atoms with van der Waals surface area (Å²) in [5.74, 6) is -0.975.